The van der Waals surface area contributed by atoms with Crippen molar-refractivity contribution in [3.8, 4) is 0 Å². The summed E-state index contributed by atoms with van der Waals surface area (Å²) in [7, 11) is 0. The molecule has 2 aromatic carbocycles. The maximum Gasteiger partial charge on any atom is 0.416 e. The topological polar surface area (TPSA) is 59.1 Å². The Kier molecular flexibility index (Phi) is 7.78. The van der Waals surface area contributed by atoms with Gasteiger partial charge in [0.1, 0.15) is 6.61 Å². The van der Waals surface area contributed by atoms with Crippen molar-refractivity contribution in [1.82, 2.24) is 9.80 Å². The first-order chi connectivity index (χ1) is 16.0. The highest BCUT2D eigenvalue weighted by Gasteiger charge is 2.44. The zero-order valence-electron chi connectivity index (χ0n) is 19.6. The zero-order valence-corrected chi connectivity index (χ0v) is 19.6. The van der Waals surface area contributed by atoms with Gasteiger partial charge in [-0.05, 0) is 32.3 Å². The molecule has 2 amide bonds. The highest BCUT2D eigenvalue weighted by Crippen LogP contribution is 2.37. The summed E-state index contributed by atoms with van der Waals surface area (Å²) in [5.74, 6) is -0.182. The van der Waals surface area contributed by atoms with E-state index >= 15 is 0 Å². The van der Waals surface area contributed by atoms with Crippen LogP contribution in [-0.4, -0.2) is 67.3 Å². The molecule has 3 heterocycles. The Morgan fingerprint density at radius 3 is 2.12 bits per heavy atom. The highest BCUT2D eigenvalue weighted by molar-refractivity contribution is 5.95. The van der Waals surface area contributed by atoms with Crippen molar-refractivity contribution in [2.75, 3.05) is 39.5 Å². The largest absolute Gasteiger partial charge is 0.447 e. The molecule has 0 aromatic heterocycles. The summed E-state index contributed by atoms with van der Waals surface area (Å²) in [6, 6.07) is 19.2. The van der Waals surface area contributed by atoms with Crippen molar-refractivity contribution in [1.29, 1.82) is 0 Å². The number of aryl methyl sites for hydroxylation is 2. The van der Waals surface area contributed by atoms with E-state index in [2.05, 4.69) is 55.1 Å². The first kappa shape index (κ1) is 23.5. The number of benzene rings is 2. The third-order valence-corrected chi connectivity index (χ3v) is 6.85. The number of hydrogen-bond acceptors (Lipinski definition) is 5. The average molecular weight is 451 g/mol. The molecule has 0 saturated carbocycles. The van der Waals surface area contributed by atoms with E-state index in [1.165, 1.54) is 21.6 Å². The molecule has 6 nitrogen and oxygen atoms in total. The lowest BCUT2D eigenvalue weighted by molar-refractivity contribution is -0.132. The molecule has 176 valence electrons. The van der Waals surface area contributed by atoms with Crippen LogP contribution in [0.15, 0.2) is 54.6 Å². The Bertz CT molecular complexity index is 925. The molecule has 6 heteroatoms. The first-order valence-electron chi connectivity index (χ1n) is 11.9. The SMILES string of the molecule is Cc1ccc(C2CN(C3CCOCC3)CC2C(=O)N2CCOC2=O)cc1.Cc1ccccc1. The lowest BCUT2D eigenvalue weighted by Gasteiger charge is -2.31. The van der Waals surface area contributed by atoms with E-state index in [4.69, 9.17) is 9.47 Å². The Balaban J connectivity index is 0.000000318. The standard InChI is InChI=1S/C20H26N2O4.C7H8/c1-14-2-4-15(5-3-14)17-12-21(16-6-9-25-10-7-16)13-18(17)19(23)22-8-11-26-20(22)24;1-7-5-3-2-4-6-7/h2-5,16-18H,6-13H2,1H3;2-6H,1H3. The normalized spacial score (nSPS) is 23.7. The maximum atomic E-state index is 13.1. The van der Waals surface area contributed by atoms with Crippen LogP contribution in [0, 0.1) is 19.8 Å². The second-order valence-corrected chi connectivity index (χ2v) is 9.18. The fourth-order valence-corrected chi connectivity index (χ4v) is 4.91. The van der Waals surface area contributed by atoms with Crippen molar-refractivity contribution in [2.24, 2.45) is 5.92 Å². The smallest absolute Gasteiger partial charge is 0.416 e. The van der Waals surface area contributed by atoms with E-state index in [9.17, 15) is 9.59 Å². The van der Waals surface area contributed by atoms with Crippen molar-refractivity contribution >= 4 is 12.0 Å². The number of hydrogen-bond donors (Lipinski definition) is 0. The van der Waals surface area contributed by atoms with Gasteiger partial charge in [-0.25, -0.2) is 9.69 Å². The van der Waals surface area contributed by atoms with Crippen molar-refractivity contribution in [2.45, 2.75) is 38.6 Å². The molecule has 3 fully saturated rings. The van der Waals surface area contributed by atoms with Gasteiger partial charge in [-0.15, -0.1) is 0 Å². The number of rotatable bonds is 3. The summed E-state index contributed by atoms with van der Waals surface area (Å²) in [5.41, 5.74) is 3.71. The van der Waals surface area contributed by atoms with Gasteiger partial charge >= 0.3 is 6.09 Å². The molecular weight excluding hydrogens is 416 g/mol. The molecule has 0 radical (unpaired) electrons. The quantitative estimate of drug-likeness (QED) is 0.703. The Morgan fingerprint density at radius 1 is 0.879 bits per heavy atom. The molecular formula is C27H34N2O4. The number of carbonyl (C=O) groups is 2. The molecule has 3 aliphatic heterocycles. The number of nitrogens with zero attached hydrogens (tertiary/aromatic N) is 2. The van der Waals surface area contributed by atoms with Crippen LogP contribution >= 0.6 is 0 Å². The summed E-state index contributed by atoms with van der Waals surface area (Å²) in [5, 5.41) is 0. The molecule has 2 atom stereocenters. The van der Waals surface area contributed by atoms with Crippen LogP contribution in [0.1, 0.15) is 35.4 Å². The lowest BCUT2D eigenvalue weighted by atomic mass is 9.87. The Hall–Kier alpha value is -2.70. The third kappa shape index (κ3) is 5.81. The van der Waals surface area contributed by atoms with Gasteiger partial charge in [0, 0.05) is 38.3 Å². The van der Waals surface area contributed by atoms with Gasteiger partial charge in [-0.1, -0.05) is 65.7 Å². The van der Waals surface area contributed by atoms with Crippen molar-refractivity contribution in [3.63, 3.8) is 0 Å². The zero-order chi connectivity index (χ0) is 23.2. The van der Waals surface area contributed by atoms with E-state index in [1.807, 2.05) is 18.2 Å². The van der Waals surface area contributed by atoms with Crippen LogP contribution in [0.25, 0.3) is 0 Å². The number of imide groups is 1. The van der Waals surface area contributed by atoms with Crippen LogP contribution < -0.4 is 0 Å². The summed E-state index contributed by atoms with van der Waals surface area (Å²) in [6.07, 6.45) is 1.52. The minimum atomic E-state index is -0.498. The van der Waals surface area contributed by atoms with Gasteiger partial charge in [0.15, 0.2) is 0 Å². The predicted octanol–water partition coefficient (Wildman–Crippen LogP) is 4.16. The Morgan fingerprint density at radius 2 is 1.55 bits per heavy atom. The summed E-state index contributed by atoms with van der Waals surface area (Å²) >= 11 is 0. The molecule has 0 bridgehead atoms. The van der Waals surface area contributed by atoms with Crippen LogP contribution in [0.5, 0.6) is 0 Å². The lowest BCUT2D eigenvalue weighted by Crippen LogP contribution is -2.41. The minimum absolute atomic E-state index is 0.0902. The summed E-state index contributed by atoms with van der Waals surface area (Å²) in [6.45, 7) is 7.94. The monoisotopic (exact) mass is 450 g/mol. The average Bonchev–Trinajstić information content (AvgIpc) is 3.48. The van der Waals surface area contributed by atoms with E-state index in [1.54, 1.807) is 0 Å². The van der Waals surface area contributed by atoms with Crippen LogP contribution in [0.2, 0.25) is 0 Å². The molecule has 33 heavy (non-hydrogen) atoms. The molecule has 2 unspecified atom stereocenters. The van der Waals surface area contributed by atoms with Gasteiger partial charge in [-0.3, -0.25) is 9.69 Å². The Labute approximate surface area is 196 Å². The van der Waals surface area contributed by atoms with E-state index in [0.29, 0.717) is 25.7 Å². The summed E-state index contributed by atoms with van der Waals surface area (Å²) in [4.78, 5) is 28.7. The number of carbonyl (C=O) groups excluding carboxylic acids is 2. The third-order valence-electron chi connectivity index (χ3n) is 6.85. The number of cyclic esters (lactones) is 1. The molecule has 2 aromatic rings. The van der Waals surface area contributed by atoms with E-state index in [-0.39, 0.29) is 17.7 Å². The second-order valence-electron chi connectivity index (χ2n) is 9.18. The molecule has 3 saturated heterocycles. The van der Waals surface area contributed by atoms with Gasteiger partial charge in [0.25, 0.3) is 0 Å². The maximum absolute atomic E-state index is 13.1. The van der Waals surface area contributed by atoms with Gasteiger partial charge < -0.3 is 9.47 Å². The molecule has 0 N–H and O–H groups in total. The first-order valence-corrected chi connectivity index (χ1v) is 11.9. The van der Waals surface area contributed by atoms with Crippen LogP contribution in [0.4, 0.5) is 4.79 Å². The fraction of sp³-hybridized carbons (Fsp3) is 0.481. The molecule has 0 spiro atoms. The van der Waals surface area contributed by atoms with Crippen LogP contribution in [0.3, 0.4) is 0 Å². The van der Waals surface area contributed by atoms with Gasteiger partial charge in [0.05, 0.1) is 12.5 Å². The fourth-order valence-electron chi connectivity index (χ4n) is 4.91. The van der Waals surface area contributed by atoms with Crippen molar-refractivity contribution in [3.05, 3.63) is 71.3 Å². The predicted molar refractivity (Wildman–Crippen MR) is 127 cm³/mol. The van der Waals surface area contributed by atoms with Crippen molar-refractivity contribution < 1.29 is 19.1 Å². The number of likely N-dealkylation sites (tertiary alicyclic amines) is 1. The second kappa shape index (κ2) is 10.9. The van der Waals surface area contributed by atoms with E-state index in [0.717, 1.165) is 32.6 Å². The van der Waals surface area contributed by atoms with Gasteiger partial charge in [-0.2, -0.15) is 0 Å². The van der Waals surface area contributed by atoms with E-state index < -0.39 is 6.09 Å². The minimum Gasteiger partial charge on any atom is -0.447 e. The molecule has 3 aliphatic rings. The highest BCUT2D eigenvalue weighted by atomic mass is 16.6. The molecule has 0 aliphatic carbocycles. The van der Waals surface area contributed by atoms with Gasteiger partial charge in [0.2, 0.25) is 5.91 Å². The summed E-state index contributed by atoms with van der Waals surface area (Å²) < 4.78 is 10.5. The number of amides is 2. The molecule has 5 rings (SSSR count). The van der Waals surface area contributed by atoms with Crippen LogP contribution in [-0.2, 0) is 14.3 Å². The number of ether oxygens (including phenoxy) is 2.